The molecule has 16 heavy (non-hydrogen) atoms. The van der Waals surface area contributed by atoms with E-state index in [-0.39, 0.29) is 5.56 Å². The molecule has 1 unspecified atom stereocenters. The van der Waals surface area contributed by atoms with Crippen LogP contribution < -0.4 is 11.3 Å². The molecule has 0 heterocycles. The Kier molecular flexibility index (Phi) is 3.60. The summed E-state index contributed by atoms with van der Waals surface area (Å²) >= 11 is 0. The second-order valence-electron chi connectivity index (χ2n) is 4.73. The SMILES string of the molecule is CC(C)(C)C(NN)c1ccc(F)c(F)c1F. The van der Waals surface area contributed by atoms with Gasteiger partial charge in [-0.1, -0.05) is 26.8 Å². The van der Waals surface area contributed by atoms with Crippen molar-refractivity contribution >= 4 is 0 Å². The van der Waals surface area contributed by atoms with Crippen molar-refractivity contribution in [3.8, 4) is 0 Å². The van der Waals surface area contributed by atoms with Crippen LogP contribution >= 0.6 is 0 Å². The zero-order chi connectivity index (χ0) is 12.5. The Labute approximate surface area is 92.6 Å². The third-order valence-corrected chi connectivity index (χ3v) is 2.41. The first-order chi connectivity index (χ1) is 7.29. The number of halogens is 3. The molecular weight excluding hydrogens is 217 g/mol. The van der Waals surface area contributed by atoms with Gasteiger partial charge < -0.3 is 0 Å². The van der Waals surface area contributed by atoms with Crippen molar-refractivity contribution in [2.24, 2.45) is 11.3 Å². The van der Waals surface area contributed by atoms with Gasteiger partial charge in [0.05, 0.1) is 6.04 Å². The summed E-state index contributed by atoms with van der Waals surface area (Å²) in [6.07, 6.45) is 0. The van der Waals surface area contributed by atoms with Gasteiger partial charge in [0.2, 0.25) is 0 Å². The van der Waals surface area contributed by atoms with Gasteiger partial charge in [-0.25, -0.2) is 13.2 Å². The predicted octanol–water partition coefficient (Wildman–Crippen LogP) is 2.65. The van der Waals surface area contributed by atoms with E-state index in [9.17, 15) is 13.2 Å². The van der Waals surface area contributed by atoms with Crippen LogP contribution in [0.25, 0.3) is 0 Å². The molecule has 0 bridgehead atoms. The summed E-state index contributed by atoms with van der Waals surface area (Å²) < 4.78 is 39.3. The largest absolute Gasteiger partial charge is 0.271 e. The monoisotopic (exact) mass is 232 g/mol. The number of rotatable bonds is 2. The Morgan fingerprint density at radius 3 is 2.12 bits per heavy atom. The van der Waals surface area contributed by atoms with Crippen LogP contribution in [0.5, 0.6) is 0 Å². The average molecular weight is 232 g/mol. The highest BCUT2D eigenvalue weighted by Gasteiger charge is 2.29. The van der Waals surface area contributed by atoms with Crippen molar-refractivity contribution in [2.75, 3.05) is 0 Å². The average Bonchev–Trinajstić information content (AvgIpc) is 2.17. The molecule has 0 radical (unpaired) electrons. The number of benzene rings is 1. The van der Waals surface area contributed by atoms with Crippen molar-refractivity contribution in [3.63, 3.8) is 0 Å². The molecule has 5 heteroatoms. The molecule has 1 rings (SSSR count). The van der Waals surface area contributed by atoms with Crippen LogP contribution in [0.15, 0.2) is 12.1 Å². The molecule has 0 aliphatic rings. The van der Waals surface area contributed by atoms with E-state index in [0.717, 1.165) is 6.07 Å². The smallest absolute Gasteiger partial charge is 0.194 e. The zero-order valence-electron chi connectivity index (χ0n) is 9.44. The van der Waals surface area contributed by atoms with Crippen LogP contribution in [0.2, 0.25) is 0 Å². The van der Waals surface area contributed by atoms with Gasteiger partial charge in [0.25, 0.3) is 0 Å². The van der Waals surface area contributed by atoms with Crippen LogP contribution in [-0.4, -0.2) is 0 Å². The van der Waals surface area contributed by atoms with Gasteiger partial charge in [-0.3, -0.25) is 11.3 Å². The fourth-order valence-electron chi connectivity index (χ4n) is 1.57. The second kappa shape index (κ2) is 4.43. The zero-order valence-corrected chi connectivity index (χ0v) is 9.44. The predicted molar refractivity (Wildman–Crippen MR) is 55.8 cm³/mol. The van der Waals surface area contributed by atoms with Crippen LogP contribution in [0.1, 0.15) is 32.4 Å². The standard InChI is InChI=1S/C11H15F3N2/c1-11(2,3)10(16-15)6-4-5-7(12)9(14)8(6)13/h4-5,10,16H,15H2,1-3H3. The van der Waals surface area contributed by atoms with Crippen LogP contribution in [0.3, 0.4) is 0 Å². The number of hydrogen-bond donors (Lipinski definition) is 2. The van der Waals surface area contributed by atoms with E-state index in [0.29, 0.717) is 0 Å². The van der Waals surface area contributed by atoms with E-state index in [2.05, 4.69) is 5.43 Å². The lowest BCUT2D eigenvalue weighted by Gasteiger charge is -2.30. The van der Waals surface area contributed by atoms with Crippen LogP contribution in [-0.2, 0) is 0 Å². The lowest BCUT2D eigenvalue weighted by atomic mass is 9.82. The van der Waals surface area contributed by atoms with Gasteiger partial charge in [-0.15, -0.1) is 0 Å². The van der Waals surface area contributed by atoms with Gasteiger partial charge in [-0.05, 0) is 11.5 Å². The molecule has 1 aromatic carbocycles. The van der Waals surface area contributed by atoms with Gasteiger partial charge in [0.1, 0.15) is 0 Å². The molecule has 0 fully saturated rings. The highest BCUT2D eigenvalue weighted by Crippen LogP contribution is 2.34. The summed E-state index contributed by atoms with van der Waals surface area (Å²) in [5.74, 6) is 1.45. The summed E-state index contributed by atoms with van der Waals surface area (Å²) in [5, 5.41) is 0. The molecule has 1 aromatic rings. The summed E-state index contributed by atoms with van der Waals surface area (Å²) in [6, 6.07) is 1.50. The maximum atomic E-state index is 13.5. The van der Waals surface area contributed by atoms with E-state index in [1.165, 1.54) is 6.07 Å². The van der Waals surface area contributed by atoms with Crippen LogP contribution in [0, 0.1) is 22.9 Å². The summed E-state index contributed by atoms with van der Waals surface area (Å²) in [5.41, 5.74) is 2.02. The third kappa shape index (κ3) is 2.36. The van der Waals surface area contributed by atoms with Crippen molar-refractivity contribution < 1.29 is 13.2 Å². The molecule has 0 amide bonds. The minimum absolute atomic E-state index is 0.0221. The Hall–Kier alpha value is -1.07. The van der Waals surface area contributed by atoms with E-state index in [1.54, 1.807) is 0 Å². The van der Waals surface area contributed by atoms with Gasteiger partial charge in [-0.2, -0.15) is 0 Å². The maximum absolute atomic E-state index is 13.5. The Morgan fingerprint density at radius 1 is 1.12 bits per heavy atom. The minimum atomic E-state index is -1.47. The third-order valence-electron chi connectivity index (χ3n) is 2.41. The van der Waals surface area contributed by atoms with Gasteiger partial charge in [0, 0.05) is 5.56 Å². The number of nitrogens with two attached hydrogens (primary N) is 1. The first kappa shape index (κ1) is 13.0. The number of hydrazine groups is 1. The lowest BCUT2D eigenvalue weighted by molar-refractivity contribution is 0.265. The number of hydrogen-bond acceptors (Lipinski definition) is 2. The second-order valence-corrected chi connectivity index (χ2v) is 4.73. The highest BCUT2D eigenvalue weighted by molar-refractivity contribution is 5.25. The molecule has 3 N–H and O–H groups in total. The molecule has 1 atom stereocenters. The van der Waals surface area contributed by atoms with Crippen LogP contribution in [0.4, 0.5) is 13.2 Å². The van der Waals surface area contributed by atoms with Gasteiger partial charge >= 0.3 is 0 Å². The molecule has 0 aliphatic carbocycles. The van der Waals surface area contributed by atoms with Crippen molar-refractivity contribution in [1.82, 2.24) is 5.43 Å². The Bertz CT molecular complexity index is 386. The first-order valence-corrected chi connectivity index (χ1v) is 4.88. The van der Waals surface area contributed by atoms with Crippen molar-refractivity contribution in [1.29, 1.82) is 0 Å². The fraction of sp³-hybridized carbons (Fsp3) is 0.455. The quantitative estimate of drug-likeness (QED) is 0.467. The summed E-state index contributed by atoms with van der Waals surface area (Å²) in [6.45, 7) is 5.45. The summed E-state index contributed by atoms with van der Waals surface area (Å²) in [4.78, 5) is 0. The molecule has 90 valence electrons. The van der Waals surface area contributed by atoms with Crippen molar-refractivity contribution in [2.45, 2.75) is 26.8 Å². The molecule has 0 saturated carbocycles. The maximum Gasteiger partial charge on any atom is 0.194 e. The van der Waals surface area contributed by atoms with E-state index < -0.39 is 28.9 Å². The normalized spacial score (nSPS) is 13.9. The molecule has 0 aromatic heterocycles. The molecule has 0 spiro atoms. The Morgan fingerprint density at radius 2 is 1.69 bits per heavy atom. The Balaban J connectivity index is 3.27. The molecular formula is C11H15F3N2. The van der Waals surface area contributed by atoms with E-state index >= 15 is 0 Å². The summed E-state index contributed by atoms with van der Waals surface area (Å²) in [7, 11) is 0. The first-order valence-electron chi connectivity index (χ1n) is 4.88. The van der Waals surface area contributed by atoms with Crippen molar-refractivity contribution in [3.05, 3.63) is 35.1 Å². The van der Waals surface area contributed by atoms with E-state index in [4.69, 9.17) is 5.84 Å². The topological polar surface area (TPSA) is 38.0 Å². The molecule has 0 aliphatic heterocycles. The fourth-order valence-corrected chi connectivity index (χ4v) is 1.57. The lowest BCUT2D eigenvalue weighted by Crippen LogP contribution is -2.37. The molecule has 2 nitrogen and oxygen atoms in total. The highest BCUT2D eigenvalue weighted by atomic mass is 19.2. The minimum Gasteiger partial charge on any atom is -0.271 e. The van der Waals surface area contributed by atoms with Gasteiger partial charge in [0.15, 0.2) is 17.5 Å². The number of nitrogens with one attached hydrogen (secondary N) is 1. The van der Waals surface area contributed by atoms with E-state index in [1.807, 2.05) is 20.8 Å². The molecule has 0 saturated heterocycles.